The lowest BCUT2D eigenvalue weighted by atomic mass is 9.93. The zero-order valence-electron chi connectivity index (χ0n) is 16.0. The van der Waals surface area contributed by atoms with Crippen LogP contribution in [0, 0.1) is 0 Å². The fourth-order valence-electron chi connectivity index (χ4n) is 3.56. The summed E-state index contributed by atoms with van der Waals surface area (Å²) in [6.07, 6.45) is 16.7. The molecule has 0 spiro atoms. The van der Waals surface area contributed by atoms with Crippen LogP contribution < -0.4 is 16.0 Å². The number of aromatic amines is 1. The lowest BCUT2D eigenvalue weighted by Crippen LogP contribution is -2.36. The highest BCUT2D eigenvalue weighted by atomic mass is 16.1. The molecular weight excluding hydrogens is 348 g/mol. The number of allylic oxidation sites excluding steroid dienone is 5. The highest BCUT2D eigenvalue weighted by Gasteiger charge is 2.34. The van der Waals surface area contributed by atoms with Crippen molar-refractivity contribution in [3.05, 3.63) is 94.6 Å². The Morgan fingerprint density at radius 2 is 1.71 bits per heavy atom. The molecule has 28 heavy (non-hydrogen) atoms. The third-order valence-corrected chi connectivity index (χ3v) is 4.90. The number of H-pyrrole nitrogens is 1. The molecule has 0 amide bonds. The molecule has 0 fully saturated rings. The van der Waals surface area contributed by atoms with Crippen molar-refractivity contribution in [2.45, 2.75) is 11.9 Å². The second-order valence-electron chi connectivity index (χ2n) is 6.93. The van der Waals surface area contributed by atoms with Crippen LogP contribution in [0.4, 0.5) is 0 Å². The number of fused-ring (bicyclic) bond motifs is 6. The number of hydrogen-bond donors (Lipinski definition) is 2. The van der Waals surface area contributed by atoms with Crippen molar-refractivity contribution >= 4 is 29.9 Å². The summed E-state index contributed by atoms with van der Waals surface area (Å²) in [6.45, 7) is 3.92. The number of aliphatic imine (C=N–C) groups is 2. The fraction of sp³-hybridized carbons (Fsp3) is 0.0870. The van der Waals surface area contributed by atoms with Crippen LogP contribution >= 0.6 is 0 Å². The number of rotatable bonds is 2. The summed E-state index contributed by atoms with van der Waals surface area (Å²) in [5, 5.41) is 5.19. The van der Waals surface area contributed by atoms with Crippen LogP contribution in [0.25, 0.3) is 12.2 Å². The number of hydrogen-bond acceptors (Lipinski definition) is 4. The van der Waals surface area contributed by atoms with Crippen molar-refractivity contribution in [2.24, 2.45) is 9.98 Å². The molecule has 5 heterocycles. The third kappa shape index (κ3) is 2.87. The van der Waals surface area contributed by atoms with Gasteiger partial charge in [-0.3, -0.25) is 4.79 Å². The van der Waals surface area contributed by atoms with E-state index in [0.29, 0.717) is 22.7 Å². The van der Waals surface area contributed by atoms with Crippen molar-refractivity contribution in [3.8, 4) is 0 Å². The normalized spacial score (nSPS) is 33.9. The molecule has 0 saturated carbocycles. The summed E-state index contributed by atoms with van der Waals surface area (Å²) in [7, 11) is 0. The van der Waals surface area contributed by atoms with Gasteiger partial charge in [-0.2, -0.15) is 0 Å². The predicted octanol–water partition coefficient (Wildman–Crippen LogP) is 1.75. The van der Waals surface area contributed by atoms with Gasteiger partial charge in [-0.1, -0.05) is 6.08 Å². The minimum Gasteiger partial charge on any atom is -0.372 e. The van der Waals surface area contributed by atoms with E-state index in [1.807, 2.05) is 54.7 Å². The molecule has 4 aliphatic heterocycles. The zero-order chi connectivity index (χ0) is 20.0. The van der Waals surface area contributed by atoms with Crippen molar-refractivity contribution in [1.82, 2.24) is 10.3 Å². The van der Waals surface area contributed by atoms with Gasteiger partial charge < -0.3 is 10.3 Å². The second kappa shape index (κ2) is 6.16. The number of carbonyl (C=O) groups excluding carboxylic acids is 1. The maximum absolute atomic E-state index is 11.8. The van der Waals surface area contributed by atoms with E-state index in [0.717, 1.165) is 28.4 Å². The summed E-state index contributed by atoms with van der Waals surface area (Å²) in [5.74, 6) is 0. The van der Waals surface area contributed by atoms with E-state index < -0.39 is 11.9 Å². The molecule has 8 bridgehead atoms. The molecule has 0 aromatic carbocycles. The van der Waals surface area contributed by atoms with E-state index >= 15 is 0 Å². The van der Waals surface area contributed by atoms with Gasteiger partial charge in [0.1, 0.15) is 6.29 Å². The van der Waals surface area contributed by atoms with Crippen molar-refractivity contribution in [1.29, 1.82) is 0 Å². The first-order valence-electron chi connectivity index (χ1n) is 9.56. The SMILES string of the molecule is [2H]C1C(C=O)=C2/C=C3/C=CC(=N3)/C=c3/cc/c([nH]3)=C/C3=NC(=C\C1(C=C)N2)/C=C3. The quantitative estimate of drug-likeness (QED) is 0.618. The molecule has 5 rings (SSSR count). The minimum atomic E-state index is -0.932. The first kappa shape index (κ1) is 15.3. The highest BCUT2D eigenvalue weighted by molar-refractivity contribution is 6.20. The molecule has 2 unspecified atom stereocenters. The lowest BCUT2D eigenvalue weighted by molar-refractivity contribution is -0.105. The Kier molecular flexibility index (Phi) is 3.38. The van der Waals surface area contributed by atoms with Gasteiger partial charge in [0.25, 0.3) is 0 Å². The Hall–Kier alpha value is -3.73. The summed E-state index contributed by atoms with van der Waals surface area (Å²) >= 11 is 0. The topological polar surface area (TPSA) is 69.6 Å². The van der Waals surface area contributed by atoms with Gasteiger partial charge in [0.2, 0.25) is 0 Å². The molecular formula is C23H18N4O. The number of nitrogens with zero attached hydrogens (tertiary/aromatic N) is 2. The van der Waals surface area contributed by atoms with Crippen LogP contribution in [-0.2, 0) is 4.79 Å². The molecule has 5 nitrogen and oxygen atoms in total. The van der Waals surface area contributed by atoms with Crippen LogP contribution in [0.3, 0.4) is 0 Å². The summed E-state index contributed by atoms with van der Waals surface area (Å²) < 4.78 is 8.68. The van der Waals surface area contributed by atoms with Crippen LogP contribution in [0.15, 0.2) is 93.9 Å². The average Bonchev–Trinajstić information content (AvgIpc) is 3.47. The van der Waals surface area contributed by atoms with Crippen LogP contribution in [0.1, 0.15) is 7.77 Å². The Morgan fingerprint density at radius 1 is 1.04 bits per heavy atom. The van der Waals surface area contributed by atoms with Gasteiger partial charge in [0, 0.05) is 29.7 Å². The molecule has 0 aliphatic carbocycles. The van der Waals surface area contributed by atoms with E-state index in [1.54, 1.807) is 12.2 Å². The molecule has 0 saturated heterocycles. The van der Waals surface area contributed by atoms with E-state index in [1.165, 1.54) is 0 Å². The molecule has 1 aromatic heterocycles. The molecule has 4 aliphatic rings. The molecule has 1 aromatic rings. The Bertz CT molecular complexity index is 1280. The third-order valence-electron chi connectivity index (χ3n) is 4.90. The van der Waals surface area contributed by atoms with Crippen molar-refractivity contribution < 1.29 is 6.17 Å². The van der Waals surface area contributed by atoms with Gasteiger partial charge in [0.15, 0.2) is 0 Å². The van der Waals surface area contributed by atoms with Crippen molar-refractivity contribution in [3.63, 3.8) is 0 Å². The smallest absolute Gasteiger partial charge is 0.148 e. The second-order valence-corrected chi connectivity index (χ2v) is 6.93. The maximum Gasteiger partial charge on any atom is 0.148 e. The lowest BCUT2D eigenvalue weighted by Gasteiger charge is -2.23. The van der Waals surface area contributed by atoms with Crippen molar-refractivity contribution in [2.75, 3.05) is 0 Å². The Labute approximate surface area is 163 Å². The number of carbonyl (C=O) groups is 1. The number of nitrogens with one attached hydrogen (secondary N) is 2. The molecule has 0 radical (unpaired) electrons. The summed E-state index contributed by atoms with van der Waals surface area (Å²) in [5.41, 5.74) is 3.05. The fourth-order valence-corrected chi connectivity index (χ4v) is 3.56. The van der Waals surface area contributed by atoms with Crippen LogP contribution in [0.5, 0.6) is 0 Å². The van der Waals surface area contributed by atoms with E-state index in [2.05, 4.69) is 26.9 Å². The predicted molar refractivity (Wildman–Crippen MR) is 112 cm³/mol. The van der Waals surface area contributed by atoms with Gasteiger partial charge in [0.05, 0.1) is 28.4 Å². The van der Waals surface area contributed by atoms with Crippen LogP contribution in [0.2, 0.25) is 0 Å². The largest absolute Gasteiger partial charge is 0.372 e. The van der Waals surface area contributed by atoms with Gasteiger partial charge >= 0.3 is 0 Å². The molecule has 2 atom stereocenters. The molecule has 136 valence electrons. The van der Waals surface area contributed by atoms with Gasteiger partial charge in [-0.25, -0.2) is 9.98 Å². The van der Waals surface area contributed by atoms with Gasteiger partial charge in [-0.05, 0) is 60.7 Å². The van der Waals surface area contributed by atoms with E-state index in [9.17, 15) is 4.79 Å². The van der Waals surface area contributed by atoms with E-state index in [4.69, 9.17) is 1.37 Å². The standard InChI is InChI=1S/C23H18N4O/c1-2-23-12-15(14-28)22(27-23)11-20-6-5-18(25-20)9-16-3-4-17(24-16)10-19-7-8-21(13-23)26-19/h2-11,13-14,24,27H,1,12H2/b16-9-,17-10-,20-11-,21-13-/i12D. The number of aromatic nitrogens is 1. The summed E-state index contributed by atoms with van der Waals surface area (Å²) in [4.78, 5) is 24.4. The molecule has 5 heteroatoms. The Morgan fingerprint density at radius 3 is 2.39 bits per heavy atom. The first-order chi connectivity index (χ1) is 14.1. The van der Waals surface area contributed by atoms with E-state index in [-0.39, 0.29) is 0 Å². The average molecular weight is 367 g/mol. The molecule has 2 N–H and O–H groups in total. The first-order valence-corrected chi connectivity index (χ1v) is 8.98. The minimum absolute atomic E-state index is 0.367. The monoisotopic (exact) mass is 367 g/mol. The summed E-state index contributed by atoms with van der Waals surface area (Å²) in [6, 6.07) is 3.99. The zero-order valence-corrected chi connectivity index (χ0v) is 15.0. The van der Waals surface area contributed by atoms with Gasteiger partial charge in [-0.15, -0.1) is 6.58 Å². The Balaban J connectivity index is 1.74. The number of aldehydes is 1. The van der Waals surface area contributed by atoms with Crippen LogP contribution in [-0.4, -0.2) is 28.2 Å². The highest BCUT2D eigenvalue weighted by Crippen LogP contribution is 2.32. The maximum atomic E-state index is 11.8.